The van der Waals surface area contributed by atoms with Crippen molar-refractivity contribution >= 4 is 40.7 Å². The highest BCUT2D eigenvalue weighted by molar-refractivity contribution is 14.0. The topological polar surface area (TPSA) is 53.9 Å². The lowest BCUT2D eigenvalue weighted by molar-refractivity contribution is 0.0907. The maximum absolute atomic E-state index is 12.3. The van der Waals surface area contributed by atoms with Crippen LogP contribution in [0.1, 0.15) is 12.0 Å². The third-order valence-corrected chi connectivity index (χ3v) is 6.21. The van der Waals surface area contributed by atoms with Gasteiger partial charge >= 0.3 is 0 Å². The molecule has 2 unspecified atom stereocenters. The summed E-state index contributed by atoms with van der Waals surface area (Å²) in [5, 5.41) is 3.36. The van der Waals surface area contributed by atoms with E-state index in [0.29, 0.717) is 24.8 Å². The second-order valence-electron chi connectivity index (χ2n) is 6.94. The van der Waals surface area contributed by atoms with E-state index in [1.165, 1.54) is 5.56 Å². The molecule has 1 aliphatic heterocycles. The Balaban J connectivity index is 0.00000300. The molecule has 1 aliphatic rings. The van der Waals surface area contributed by atoms with Gasteiger partial charge in [-0.25, -0.2) is 0 Å². The zero-order valence-corrected chi connectivity index (χ0v) is 20.0. The molecule has 158 valence electrons. The van der Waals surface area contributed by atoms with Gasteiger partial charge in [-0.15, -0.1) is 24.0 Å². The largest absolute Gasteiger partial charge is 0.376 e. The van der Waals surface area contributed by atoms with E-state index < -0.39 is 10.8 Å². The van der Waals surface area contributed by atoms with E-state index in [0.717, 1.165) is 37.0 Å². The molecular weight excluding hydrogens is 497 g/mol. The Hall–Kier alpha value is -1.45. The van der Waals surface area contributed by atoms with Gasteiger partial charge in [0.25, 0.3) is 0 Å². The van der Waals surface area contributed by atoms with Gasteiger partial charge in [0.15, 0.2) is 5.96 Å². The summed E-state index contributed by atoms with van der Waals surface area (Å²) in [4.78, 5) is 7.53. The Kier molecular flexibility index (Phi) is 10.7. The number of ether oxygens (including phenoxy) is 1. The average Bonchev–Trinajstić information content (AvgIpc) is 3.21. The highest BCUT2D eigenvalue weighted by Crippen LogP contribution is 2.17. The molecule has 1 fully saturated rings. The zero-order valence-electron chi connectivity index (χ0n) is 16.8. The van der Waals surface area contributed by atoms with Crippen LogP contribution in [0, 0.1) is 5.92 Å². The van der Waals surface area contributed by atoms with Gasteiger partial charge in [-0.1, -0.05) is 48.5 Å². The first kappa shape index (κ1) is 23.8. The van der Waals surface area contributed by atoms with Crippen LogP contribution in [0.15, 0.2) is 70.6 Å². The maximum atomic E-state index is 12.3. The van der Waals surface area contributed by atoms with Crippen LogP contribution in [-0.4, -0.2) is 54.1 Å². The highest BCUT2D eigenvalue weighted by atomic mass is 127. The molecule has 0 amide bonds. The van der Waals surface area contributed by atoms with Crippen LogP contribution in [0.2, 0.25) is 0 Å². The first-order valence-corrected chi connectivity index (χ1v) is 11.1. The summed E-state index contributed by atoms with van der Waals surface area (Å²) >= 11 is 0. The lowest BCUT2D eigenvalue weighted by Crippen LogP contribution is -2.41. The van der Waals surface area contributed by atoms with Crippen LogP contribution in [0.4, 0.5) is 0 Å². The molecule has 2 aromatic rings. The van der Waals surface area contributed by atoms with E-state index in [4.69, 9.17) is 4.74 Å². The van der Waals surface area contributed by atoms with Crippen molar-refractivity contribution in [2.75, 3.05) is 39.0 Å². The Morgan fingerprint density at radius 2 is 1.86 bits per heavy atom. The smallest absolute Gasteiger partial charge is 0.193 e. The van der Waals surface area contributed by atoms with Crippen LogP contribution < -0.4 is 5.32 Å². The summed E-state index contributed by atoms with van der Waals surface area (Å²) in [5.41, 5.74) is 1.21. The number of aliphatic imine (C=N–C) groups is 1. The lowest BCUT2D eigenvalue weighted by Gasteiger charge is -2.21. The molecule has 0 aliphatic carbocycles. The molecule has 7 heteroatoms. The fraction of sp³-hybridized carbons (Fsp3) is 0.409. The fourth-order valence-corrected chi connectivity index (χ4v) is 4.34. The van der Waals surface area contributed by atoms with Crippen molar-refractivity contribution in [2.24, 2.45) is 10.9 Å². The lowest BCUT2D eigenvalue weighted by atomic mass is 10.1. The van der Waals surface area contributed by atoms with Crippen molar-refractivity contribution in [3.8, 4) is 0 Å². The molecule has 0 radical (unpaired) electrons. The van der Waals surface area contributed by atoms with Gasteiger partial charge in [0.1, 0.15) is 0 Å². The third kappa shape index (κ3) is 7.71. The third-order valence-electron chi connectivity index (χ3n) is 4.84. The van der Waals surface area contributed by atoms with E-state index in [1.54, 1.807) is 7.05 Å². The number of hydrogen-bond donors (Lipinski definition) is 1. The Bertz CT molecular complexity index is 774. The number of likely N-dealkylation sites (tertiary alicyclic amines) is 1. The van der Waals surface area contributed by atoms with Crippen LogP contribution in [0.5, 0.6) is 0 Å². The van der Waals surface area contributed by atoms with Gasteiger partial charge in [-0.3, -0.25) is 9.20 Å². The average molecular weight is 527 g/mol. The summed E-state index contributed by atoms with van der Waals surface area (Å²) in [6, 6.07) is 19.9. The fourth-order valence-electron chi connectivity index (χ4n) is 3.36. The van der Waals surface area contributed by atoms with Gasteiger partial charge < -0.3 is 15.0 Å². The summed E-state index contributed by atoms with van der Waals surface area (Å²) in [6.07, 6.45) is 1.10. The number of nitrogens with one attached hydrogen (secondary N) is 1. The van der Waals surface area contributed by atoms with E-state index in [1.807, 2.05) is 48.5 Å². The van der Waals surface area contributed by atoms with Gasteiger partial charge in [0.05, 0.1) is 24.0 Å². The number of nitrogens with zero attached hydrogens (tertiary/aromatic N) is 2. The monoisotopic (exact) mass is 527 g/mol. The minimum atomic E-state index is -0.989. The molecule has 0 aromatic heterocycles. The normalized spacial score (nSPS) is 17.6. The van der Waals surface area contributed by atoms with E-state index in [2.05, 4.69) is 27.3 Å². The number of rotatable bonds is 8. The molecule has 0 bridgehead atoms. The number of guanidine groups is 1. The molecule has 1 N–H and O–H groups in total. The van der Waals surface area contributed by atoms with Crippen LogP contribution in [0.25, 0.3) is 0 Å². The Morgan fingerprint density at radius 3 is 2.55 bits per heavy atom. The SMILES string of the molecule is CN=C(NCCS(=O)c1ccccc1)N1CCC(COCc2ccccc2)C1.I. The van der Waals surface area contributed by atoms with Crippen LogP contribution >= 0.6 is 24.0 Å². The molecule has 29 heavy (non-hydrogen) atoms. The Morgan fingerprint density at radius 1 is 1.17 bits per heavy atom. The number of halogens is 1. The van der Waals surface area contributed by atoms with Crippen molar-refractivity contribution < 1.29 is 8.95 Å². The molecule has 2 aromatic carbocycles. The quantitative estimate of drug-likeness (QED) is 0.325. The summed E-state index contributed by atoms with van der Waals surface area (Å²) in [5.74, 6) is 1.97. The standard InChI is InChI=1S/C22H29N3O2S.HI/c1-23-22(24-13-15-28(26)21-10-6-3-7-11-21)25-14-12-20(16-25)18-27-17-19-8-4-2-5-9-19;/h2-11,20H,12-18H2,1H3,(H,23,24);1H. The van der Waals surface area contributed by atoms with E-state index in [9.17, 15) is 4.21 Å². The van der Waals surface area contributed by atoms with E-state index in [-0.39, 0.29) is 24.0 Å². The molecule has 5 nitrogen and oxygen atoms in total. The van der Waals surface area contributed by atoms with Gasteiger partial charge in [0, 0.05) is 43.2 Å². The molecule has 0 spiro atoms. The van der Waals surface area contributed by atoms with Crippen molar-refractivity contribution in [3.63, 3.8) is 0 Å². The van der Waals surface area contributed by atoms with Gasteiger partial charge in [0.2, 0.25) is 0 Å². The van der Waals surface area contributed by atoms with Crippen molar-refractivity contribution in [1.82, 2.24) is 10.2 Å². The second kappa shape index (κ2) is 13.0. The van der Waals surface area contributed by atoms with Gasteiger partial charge in [-0.2, -0.15) is 0 Å². The number of benzene rings is 2. The van der Waals surface area contributed by atoms with Crippen molar-refractivity contribution in [1.29, 1.82) is 0 Å². The minimum absolute atomic E-state index is 0. The van der Waals surface area contributed by atoms with Crippen molar-refractivity contribution in [2.45, 2.75) is 17.9 Å². The first-order chi connectivity index (χ1) is 13.8. The Labute approximate surface area is 193 Å². The highest BCUT2D eigenvalue weighted by Gasteiger charge is 2.25. The maximum Gasteiger partial charge on any atom is 0.193 e. The molecule has 3 rings (SSSR count). The van der Waals surface area contributed by atoms with Crippen LogP contribution in [-0.2, 0) is 22.1 Å². The van der Waals surface area contributed by atoms with E-state index >= 15 is 0 Å². The first-order valence-electron chi connectivity index (χ1n) is 9.77. The predicted octanol–water partition coefficient (Wildman–Crippen LogP) is 3.53. The molecular formula is C22H30IN3O2S. The van der Waals surface area contributed by atoms with Gasteiger partial charge in [-0.05, 0) is 24.1 Å². The molecule has 1 heterocycles. The minimum Gasteiger partial charge on any atom is -0.376 e. The summed E-state index contributed by atoms with van der Waals surface area (Å²) in [6.45, 7) is 3.98. The zero-order chi connectivity index (χ0) is 19.6. The van der Waals surface area contributed by atoms with Crippen molar-refractivity contribution in [3.05, 3.63) is 66.2 Å². The predicted molar refractivity (Wildman–Crippen MR) is 130 cm³/mol. The van der Waals surface area contributed by atoms with Crippen LogP contribution in [0.3, 0.4) is 0 Å². The number of hydrogen-bond acceptors (Lipinski definition) is 3. The summed E-state index contributed by atoms with van der Waals surface area (Å²) < 4.78 is 18.2. The molecule has 0 saturated carbocycles. The molecule has 1 saturated heterocycles. The summed E-state index contributed by atoms with van der Waals surface area (Å²) in [7, 11) is 0.812. The molecule has 2 atom stereocenters. The second-order valence-corrected chi connectivity index (χ2v) is 8.51.